The monoisotopic (exact) mass is 368 g/mol. The summed E-state index contributed by atoms with van der Waals surface area (Å²) in [5, 5.41) is 16.1. The SMILES string of the molecule is COc1cccc(CCNc2ccc(NC(=O)Cc3cccs3)nn2)c1. The van der Waals surface area contributed by atoms with Gasteiger partial charge >= 0.3 is 0 Å². The smallest absolute Gasteiger partial charge is 0.230 e. The van der Waals surface area contributed by atoms with Crippen LogP contribution in [0.25, 0.3) is 0 Å². The number of hydrogen-bond acceptors (Lipinski definition) is 6. The van der Waals surface area contributed by atoms with Gasteiger partial charge in [0.05, 0.1) is 13.5 Å². The molecule has 2 N–H and O–H groups in total. The number of nitrogens with one attached hydrogen (secondary N) is 2. The van der Waals surface area contributed by atoms with Crippen LogP contribution in [0.2, 0.25) is 0 Å². The molecule has 3 rings (SSSR count). The third-order valence-corrected chi connectivity index (χ3v) is 4.58. The molecule has 1 amide bonds. The first-order valence-corrected chi connectivity index (χ1v) is 9.13. The Morgan fingerprint density at radius 1 is 1.12 bits per heavy atom. The second kappa shape index (κ2) is 8.96. The van der Waals surface area contributed by atoms with Crippen LogP contribution in [0.1, 0.15) is 10.4 Å². The first-order valence-electron chi connectivity index (χ1n) is 8.26. The third-order valence-electron chi connectivity index (χ3n) is 3.70. The lowest BCUT2D eigenvalue weighted by molar-refractivity contribution is -0.115. The largest absolute Gasteiger partial charge is 0.497 e. The third kappa shape index (κ3) is 5.29. The van der Waals surface area contributed by atoms with Crippen LogP contribution in [0.4, 0.5) is 11.6 Å². The summed E-state index contributed by atoms with van der Waals surface area (Å²) in [5.74, 6) is 1.87. The molecule has 0 atom stereocenters. The van der Waals surface area contributed by atoms with Gasteiger partial charge < -0.3 is 15.4 Å². The van der Waals surface area contributed by atoms with Crippen LogP contribution in [-0.4, -0.2) is 29.8 Å². The molecule has 0 aliphatic carbocycles. The summed E-state index contributed by atoms with van der Waals surface area (Å²) < 4.78 is 5.22. The predicted octanol–water partition coefficient (Wildman–Crippen LogP) is 3.38. The summed E-state index contributed by atoms with van der Waals surface area (Å²) in [4.78, 5) is 13.0. The first kappa shape index (κ1) is 17.9. The molecular formula is C19H20N4O2S. The molecular weight excluding hydrogens is 348 g/mol. The van der Waals surface area contributed by atoms with Gasteiger partial charge in [-0.1, -0.05) is 18.2 Å². The molecule has 0 spiro atoms. The standard InChI is InChI=1S/C19H20N4O2S/c1-25-15-5-2-4-14(12-15)9-10-20-17-7-8-18(23-22-17)21-19(24)13-16-6-3-11-26-16/h2-8,11-12H,9-10,13H2,1H3,(H,20,22)(H,21,23,24). The summed E-state index contributed by atoms with van der Waals surface area (Å²) in [6.07, 6.45) is 1.19. The Hall–Kier alpha value is -2.93. The number of methoxy groups -OCH3 is 1. The van der Waals surface area contributed by atoms with Crippen molar-refractivity contribution >= 4 is 28.9 Å². The zero-order chi connectivity index (χ0) is 18.2. The fourth-order valence-electron chi connectivity index (χ4n) is 2.41. The topological polar surface area (TPSA) is 76.1 Å². The van der Waals surface area contributed by atoms with Gasteiger partial charge in [0, 0.05) is 11.4 Å². The van der Waals surface area contributed by atoms with Gasteiger partial charge in [0.25, 0.3) is 0 Å². The number of ether oxygens (including phenoxy) is 1. The summed E-state index contributed by atoms with van der Waals surface area (Å²) in [7, 11) is 1.66. The second-order valence-electron chi connectivity index (χ2n) is 5.64. The van der Waals surface area contributed by atoms with E-state index in [1.807, 2.05) is 35.7 Å². The Kier molecular flexibility index (Phi) is 6.16. The predicted molar refractivity (Wildman–Crippen MR) is 104 cm³/mol. The van der Waals surface area contributed by atoms with Gasteiger partial charge in [0.1, 0.15) is 11.6 Å². The quantitative estimate of drug-likeness (QED) is 0.637. The molecule has 0 bridgehead atoms. The summed E-state index contributed by atoms with van der Waals surface area (Å²) in [5.41, 5.74) is 1.18. The van der Waals surface area contributed by atoms with Crippen LogP contribution in [0.5, 0.6) is 5.75 Å². The van der Waals surface area contributed by atoms with E-state index >= 15 is 0 Å². The molecule has 0 aliphatic rings. The number of amides is 1. The molecule has 26 heavy (non-hydrogen) atoms. The van der Waals surface area contributed by atoms with Crippen LogP contribution < -0.4 is 15.4 Å². The van der Waals surface area contributed by atoms with Crippen molar-refractivity contribution in [2.75, 3.05) is 24.3 Å². The highest BCUT2D eigenvalue weighted by Crippen LogP contribution is 2.14. The summed E-state index contributed by atoms with van der Waals surface area (Å²) >= 11 is 1.56. The van der Waals surface area contributed by atoms with E-state index in [-0.39, 0.29) is 5.91 Å². The highest BCUT2D eigenvalue weighted by Gasteiger charge is 2.06. The Morgan fingerprint density at radius 2 is 1.96 bits per heavy atom. The lowest BCUT2D eigenvalue weighted by Crippen LogP contribution is -2.15. The highest BCUT2D eigenvalue weighted by molar-refractivity contribution is 7.10. The fraction of sp³-hybridized carbons (Fsp3) is 0.211. The van der Waals surface area contributed by atoms with Crippen LogP contribution in [-0.2, 0) is 17.6 Å². The van der Waals surface area contributed by atoms with E-state index in [1.54, 1.807) is 30.6 Å². The Balaban J connectivity index is 1.45. The van der Waals surface area contributed by atoms with Crippen molar-refractivity contribution in [2.24, 2.45) is 0 Å². The van der Waals surface area contributed by atoms with E-state index < -0.39 is 0 Å². The lowest BCUT2D eigenvalue weighted by atomic mass is 10.1. The van der Waals surface area contributed by atoms with Crippen molar-refractivity contribution in [1.82, 2.24) is 10.2 Å². The van der Waals surface area contributed by atoms with Gasteiger partial charge in [-0.25, -0.2) is 0 Å². The maximum atomic E-state index is 11.9. The number of aromatic nitrogens is 2. The summed E-state index contributed by atoms with van der Waals surface area (Å²) in [6, 6.07) is 15.4. The van der Waals surface area contributed by atoms with Gasteiger partial charge in [-0.2, -0.15) is 0 Å². The lowest BCUT2D eigenvalue weighted by Gasteiger charge is -2.07. The van der Waals surface area contributed by atoms with Gasteiger partial charge in [0.2, 0.25) is 5.91 Å². The number of carbonyl (C=O) groups excluding carboxylic acids is 1. The number of rotatable bonds is 8. The maximum Gasteiger partial charge on any atom is 0.230 e. The van der Waals surface area contributed by atoms with Crippen molar-refractivity contribution in [3.8, 4) is 5.75 Å². The summed E-state index contributed by atoms with van der Waals surface area (Å²) in [6.45, 7) is 0.728. The maximum absolute atomic E-state index is 11.9. The average Bonchev–Trinajstić information content (AvgIpc) is 3.16. The molecule has 0 saturated carbocycles. The van der Waals surface area contributed by atoms with Crippen LogP contribution in [0, 0.1) is 0 Å². The van der Waals surface area contributed by atoms with Crippen molar-refractivity contribution in [2.45, 2.75) is 12.8 Å². The highest BCUT2D eigenvalue weighted by atomic mass is 32.1. The Bertz CT molecular complexity index is 835. The molecule has 0 radical (unpaired) electrons. The van der Waals surface area contributed by atoms with Gasteiger partial charge in [-0.3, -0.25) is 4.79 Å². The molecule has 0 saturated heterocycles. The van der Waals surface area contributed by atoms with Gasteiger partial charge in [-0.15, -0.1) is 21.5 Å². The second-order valence-corrected chi connectivity index (χ2v) is 6.67. The van der Waals surface area contributed by atoms with E-state index in [2.05, 4.69) is 26.9 Å². The van der Waals surface area contributed by atoms with Gasteiger partial charge in [-0.05, 0) is 47.7 Å². The zero-order valence-corrected chi connectivity index (χ0v) is 15.3. The molecule has 6 nitrogen and oxygen atoms in total. The zero-order valence-electron chi connectivity index (χ0n) is 14.4. The molecule has 2 heterocycles. The van der Waals surface area contributed by atoms with Crippen molar-refractivity contribution in [3.05, 3.63) is 64.4 Å². The Morgan fingerprint density at radius 3 is 2.69 bits per heavy atom. The molecule has 1 aromatic carbocycles. The van der Waals surface area contributed by atoms with E-state index in [4.69, 9.17) is 4.74 Å². The van der Waals surface area contributed by atoms with Crippen molar-refractivity contribution < 1.29 is 9.53 Å². The number of hydrogen-bond donors (Lipinski definition) is 2. The van der Waals surface area contributed by atoms with Crippen LogP contribution in [0.3, 0.4) is 0 Å². The number of nitrogens with zero attached hydrogens (tertiary/aromatic N) is 2. The van der Waals surface area contributed by atoms with Crippen molar-refractivity contribution in [3.63, 3.8) is 0 Å². The minimum absolute atomic E-state index is 0.0968. The number of anilines is 2. The first-order chi connectivity index (χ1) is 12.7. The minimum atomic E-state index is -0.0968. The molecule has 0 unspecified atom stereocenters. The fourth-order valence-corrected chi connectivity index (χ4v) is 3.12. The number of thiophene rings is 1. The van der Waals surface area contributed by atoms with Crippen LogP contribution in [0.15, 0.2) is 53.9 Å². The molecule has 0 aliphatic heterocycles. The van der Waals surface area contributed by atoms with E-state index in [0.29, 0.717) is 18.1 Å². The normalized spacial score (nSPS) is 10.3. The molecule has 134 valence electrons. The van der Waals surface area contributed by atoms with E-state index in [0.717, 1.165) is 23.6 Å². The van der Waals surface area contributed by atoms with Gasteiger partial charge in [0.15, 0.2) is 5.82 Å². The molecule has 0 fully saturated rings. The average molecular weight is 368 g/mol. The number of benzene rings is 1. The molecule has 2 aromatic heterocycles. The Labute approximate surface area is 156 Å². The number of carbonyl (C=O) groups is 1. The van der Waals surface area contributed by atoms with E-state index in [1.165, 1.54) is 5.56 Å². The molecule has 7 heteroatoms. The van der Waals surface area contributed by atoms with Crippen LogP contribution >= 0.6 is 11.3 Å². The minimum Gasteiger partial charge on any atom is -0.497 e. The van der Waals surface area contributed by atoms with E-state index in [9.17, 15) is 4.79 Å². The van der Waals surface area contributed by atoms with Crippen molar-refractivity contribution in [1.29, 1.82) is 0 Å². The molecule has 3 aromatic rings.